The summed E-state index contributed by atoms with van der Waals surface area (Å²) in [5, 5.41) is 0. The van der Waals surface area contributed by atoms with E-state index in [9.17, 15) is 18.0 Å². The first-order valence-electron chi connectivity index (χ1n) is 8.37. The molecule has 142 valence electrons. The van der Waals surface area contributed by atoms with E-state index in [0.717, 1.165) is 5.52 Å². The van der Waals surface area contributed by atoms with E-state index >= 15 is 0 Å². The summed E-state index contributed by atoms with van der Waals surface area (Å²) in [6, 6.07) is 6.98. The number of aromatic nitrogens is 2. The van der Waals surface area contributed by atoms with Gasteiger partial charge < -0.3 is 9.64 Å². The Kier molecular flexibility index (Phi) is 5.50. The van der Waals surface area contributed by atoms with Crippen molar-refractivity contribution in [2.24, 2.45) is 0 Å². The highest BCUT2D eigenvalue weighted by atomic mass is 32.2. The lowest BCUT2D eigenvalue weighted by atomic mass is 10.2. The molecule has 0 unspecified atom stereocenters. The van der Waals surface area contributed by atoms with Crippen LogP contribution in [0.2, 0.25) is 0 Å². The third-order valence-electron chi connectivity index (χ3n) is 4.34. The minimum Gasteiger partial charge on any atom is -0.452 e. The highest BCUT2D eigenvalue weighted by Gasteiger charge is 2.32. The molecule has 2 aromatic rings. The van der Waals surface area contributed by atoms with E-state index in [0.29, 0.717) is 17.6 Å². The average Bonchev–Trinajstić information content (AvgIpc) is 3.03. The van der Waals surface area contributed by atoms with Gasteiger partial charge in [-0.25, -0.2) is 18.2 Å². The summed E-state index contributed by atoms with van der Waals surface area (Å²) < 4.78 is 27.9. The minimum atomic E-state index is -3.09. The molecule has 1 atom stereocenters. The van der Waals surface area contributed by atoms with Gasteiger partial charge in [0.05, 0.1) is 34.4 Å². The predicted octanol–water partition coefficient (Wildman–Crippen LogP) is 0.832. The van der Waals surface area contributed by atoms with Gasteiger partial charge in [-0.2, -0.15) is 0 Å². The molecule has 1 amide bonds. The maximum Gasteiger partial charge on any atom is 0.331 e. The Hall–Kier alpha value is -2.81. The van der Waals surface area contributed by atoms with Gasteiger partial charge in [0.25, 0.3) is 5.91 Å². The van der Waals surface area contributed by atoms with Gasteiger partial charge in [-0.15, -0.1) is 0 Å². The number of ether oxygens (including phenoxy) is 1. The van der Waals surface area contributed by atoms with Gasteiger partial charge in [-0.05, 0) is 24.6 Å². The van der Waals surface area contributed by atoms with Crippen LogP contribution in [0.4, 0.5) is 0 Å². The molecule has 1 aromatic heterocycles. The summed E-state index contributed by atoms with van der Waals surface area (Å²) in [6.07, 6.45) is 4.57. The van der Waals surface area contributed by atoms with Crippen LogP contribution in [0.1, 0.15) is 12.1 Å². The molecule has 0 saturated carbocycles. The summed E-state index contributed by atoms with van der Waals surface area (Å²) in [7, 11) is -1.57. The highest BCUT2D eigenvalue weighted by Crippen LogP contribution is 2.16. The van der Waals surface area contributed by atoms with Crippen molar-refractivity contribution in [1.82, 2.24) is 14.9 Å². The van der Waals surface area contributed by atoms with Gasteiger partial charge in [-0.1, -0.05) is 12.1 Å². The molecule has 1 fully saturated rings. The predicted molar refractivity (Wildman–Crippen MR) is 99.4 cm³/mol. The first-order valence-corrected chi connectivity index (χ1v) is 10.2. The Morgan fingerprint density at radius 1 is 1.30 bits per heavy atom. The zero-order valence-electron chi connectivity index (χ0n) is 14.7. The number of rotatable bonds is 5. The molecule has 0 spiro atoms. The van der Waals surface area contributed by atoms with Crippen molar-refractivity contribution in [3.63, 3.8) is 0 Å². The molecule has 9 heteroatoms. The van der Waals surface area contributed by atoms with Crippen LogP contribution in [0.3, 0.4) is 0 Å². The fourth-order valence-electron chi connectivity index (χ4n) is 2.77. The number of carbonyl (C=O) groups is 2. The first kappa shape index (κ1) is 19.0. The largest absolute Gasteiger partial charge is 0.452 e. The van der Waals surface area contributed by atoms with Crippen LogP contribution in [0.5, 0.6) is 0 Å². The van der Waals surface area contributed by atoms with E-state index in [1.54, 1.807) is 0 Å². The fraction of sp³-hybridized carbons (Fsp3) is 0.333. The molecule has 0 N–H and O–H groups in total. The zero-order valence-corrected chi connectivity index (χ0v) is 15.6. The monoisotopic (exact) mass is 389 g/mol. The summed E-state index contributed by atoms with van der Waals surface area (Å²) in [5.74, 6) is -1.11. The van der Waals surface area contributed by atoms with Crippen LogP contribution < -0.4 is 0 Å². The maximum absolute atomic E-state index is 12.1. The van der Waals surface area contributed by atoms with Crippen molar-refractivity contribution >= 4 is 38.8 Å². The summed E-state index contributed by atoms with van der Waals surface area (Å²) in [6.45, 7) is -0.445. The van der Waals surface area contributed by atoms with E-state index in [-0.39, 0.29) is 17.5 Å². The Labute approximate surface area is 156 Å². The number of fused-ring (bicyclic) bond motifs is 1. The Morgan fingerprint density at radius 2 is 2.04 bits per heavy atom. The first-order chi connectivity index (χ1) is 12.8. The van der Waals surface area contributed by atoms with Gasteiger partial charge in [-0.3, -0.25) is 9.78 Å². The lowest BCUT2D eigenvalue weighted by Crippen LogP contribution is -2.40. The van der Waals surface area contributed by atoms with E-state index in [4.69, 9.17) is 4.74 Å². The number of nitrogens with zero attached hydrogens (tertiary/aromatic N) is 3. The molecule has 27 heavy (non-hydrogen) atoms. The second-order valence-corrected chi connectivity index (χ2v) is 8.51. The normalized spacial score (nSPS) is 18.6. The second kappa shape index (κ2) is 7.83. The number of carbonyl (C=O) groups excluding carboxylic acids is 2. The number of esters is 1. The van der Waals surface area contributed by atoms with Crippen LogP contribution in [0, 0.1) is 0 Å². The van der Waals surface area contributed by atoms with Crippen molar-refractivity contribution in [1.29, 1.82) is 0 Å². The molecule has 0 aliphatic carbocycles. The number of sulfone groups is 1. The second-order valence-electron chi connectivity index (χ2n) is 6.29. The lowest BCUT2D eigenvalue weighted by Gasteiger charge is -2.22. The molecular formula is C18H19N3O5S. The molecule has 1 aliphatic heterocycles. The van der Waals surface area contributed by atoms with E-state index < -0.39 is 28.3 Å². The van der Waals surface area contributed by atoms with Crippen molar-refractivity contribution in [2.75, 3.05) is 25.2 Å². The highest BCUT2D eigenvalue weighted by molar-refractivity contribution is 7.91. The van der Waals surface area contributed by atoms with Gasteiger partial charge in [0.15, 0.2) is 16.4 Å². The molecule has 1 aliphatic rings. The maximum atomic E-state index is 12.1. The Morgan fingerprint density at radius 3 is 2.74 bits per heavy atom. The number of likely N-dealkylation sites (N-methyl/N-ethyl adjacent to an activating group) is 1. The molecule has 1 saturated heterocycles. The summed E-state index contributed by atoms with van der Waals surface area (Å²) >= 11 is 0. The average molecular weight is 389 g/mol. The molecule has 0 bridgehead atoms. The number of benzene rings is 1. The number of para-hydroxylation sites is 2. The van der Waals surface area contributed by atoms with Crippen molar-refractivity contribution < 1.29 is 22.7 Å². The van der Waals surface area contributed by atoms with E-state index in [1.165, 1.54) is 30.3 Å². The zero-order chi connectivity index (χ0) is 19.4. The van der Waals surface area contributed by atoms with Crippen LogP contribution in [0.25, 0.3) is 17.1 Å². The van der Waals surface area contributed by atoms with Crippen molar-refractivity contribution in [3.8, 4) is 0 Å². The Bertz CT molecular complexity index is 1000. The van der Waals surface area contributed by atoms with Crippen LogP contribution in [-0.4, -0.2) is 66.4 Å². The number of hydrogen-bond acceptors (Lipinski definition) is 7. The van der Waals surface area contributed by atoms with Gasteiger partial charge in [0.1, 0.15) is 0 Å². The fourth-order valence-corrected chi connectivity index (χ4v) is 4.55. The summed E-state index contributed by atoms with van der Waals surface area (Å²) in [4.78, 5) is 33.8. The minimum absolute atomic E-state index is 0.0519. The third kappa shape index (κ3) is 4.88. The van der Waals surface area contributed by atoms with Crippen molar-refractivity contribution in [2.45, 2.75) is 12.5 Å². The Balaban J connectivity index is 1.52. The summed E-state index contributed by atoms with van der Waals surface area (Å²) in [5.41, 5.74) is 1.95. The van der Waals surface area contributed by atoms with E-state index in [2.05, 4.69) is 9.97 Å². The lowest BCUT2D eigenvalue weighted by molar-refractivity contribution is -0.148. The van der Waals surface area contributed by atoms with Gasteiger partial charge in [0.2, 0.25) is 0 Å². The standard InChI is InChI=1S/C18H19N3O5S/c1-21(14-8-9-27(24,25)12-14)17(22)11-26-18(23)7-6-13-10-19-15-4-2-3-5-16(15)20-13/h2-7,10,14H,8-9,11-12H2,1H3/b7-6+/t14-/m0/s1. The molecule has 2 heterocycles. The van der Waals surface area contributed by atoms with Gasteiger partial charge >= 0.3 is 5.97 Å². The molecule has 0 radical (unpaired) electrons. The molecule has 3 rings (SSSR count). The molecule has 1 aromatic carbocycles. The SMILES string of the molecule is CN(C(=O)COC(=O)/C=C/c1cnc2ccccc2n1)[C@H]1CCS(=O)(=O)C1. The topological polar surface area (TPSA) is 107 Å². The van der Waals surface area contributed by atoms with Crippen LogP contribution >= 0.6 is 0 Å². The van der Waals surface area contributed by atoms with Crippen molar-refractivity contribution in [3.05, 3.63) is 42.2 Å². The molecular weight excluding hydrogens is 370 g/mol. The quantitative estimate of drug-likeness (QED) is 0.551. The molecule has 8 nitrogen and oxygen atoms in total. The number of amides is 1. The smallest absolute Gasteiger partial charge is 0.331 e. The van der Waals surface area contributed by atoms with Crippen LogP contribution in [0.15, 0.2) is 36.5 Å². The van der Waals surface area contributed by atoms with Gasteiger partial charge in [0, 0.05) is 19.2 Å². The number of hydrogen-bond donors (Lipinski definition) is 0. The third-order valence-corrected chi connectivity index (χ3v) is 6.10. The van der Waals surface area contributed by atoms with Crippen LogP contribution in [-0.2, 0) is 24.2 Å². The van der Waals surface area contributed by atoms with E-state index in [1.807, 2.05) is 24.3 Å².